The highest BCUT2D eigenvalue weighted by Crippen LogP contribution is 2.36. The van der Waals surface area contributed by atoms with Gasteiger partial charge in [0.25, 0.3) is 6.43 Å². The minimum Gasteiger partial charge on any atom is -0.367 e. The predicted octanol–water partition coefficient (Wildman–Crippen LogP) is 3.78. The van der Waals surface area contributed by atoms with E-state index in [1.165, 1.54) is 4.68 Å². The molecule has 3 aliphatic rings. The first kappa shape index (κ1) is 18.4. The molecule has 0 radical (unpaired) electrons. The van der Waals surface area contributed by atoms with Crippen molar-refractivity contribution >= 4 is 11.7 Å². The Hall–Kier alpha value is -1.92. The van der Waals surface area contributed by atoms with E-state index in [4.69, 9.17) is 0 Å². The van der Waals surface area contributed by atoms with Gasteiger partial charge >= 0.3 is 0 Å². The maximum absolute atomic E-state index is 13.6. The number of hydrogen-bond acceptors (Lipinski definition) is 3. The first-order valence-electron chi connectivity index (χ1n) is 10.1. The second-order valence-electron chi connectivity index (χ2n) is 8.22. The van der Waals surface area contributed by atoms with Crippen LogP contribution in [-0.4, -0.2) is 46.1 Å². The van der Waals surface area contributed by atoms with E-state index in [1.807, 2.05) is 17.9 Å². The van der Waals surface area contributed by atoms with Crippen molar-refractivity contribution in [1.29, 1.82) is 0 Å². The van der Waals surface area contributed by atoms with Crippen LogP contribution in [0.25, 0.3) is 0 Å². The Balaban J connectivity index is 1.43. The van der Waals surface area contributed by atoms with Crippen LogP contribution in [0.3, 0.4) is 0 Å². The maximum atomic E-state index is 13.6. The third-order valence-electron chi connectivity index (χ3n) is 6.22. The Morgan fingerprint density at radius 1 is 1.41 bits per heavy atom. The fraction of sp³-hybridized carbons (Fsp3) is 0.700. The zero-order valence-electron chi connectivity index (χ0n) is 15.8. The third-order valence-corrected chi connectivity index (χ3v) is 6.22. The summed E-state index contributed by atoms with van der Waals surface area (Å²) in [4.78, 5) is 14.6. The number of nitrogens with one attached hydrogen (secondary N) is 1. The molecule has 0 aromatic carbocycles. The van der Waals surface area contributed by atoms with E-state index in [0.717, 1.165) is 37.9 Å². The molecule has 4 rings (SSSR count). The number of allylic oxidation sites excluding steroid dienone is 2. The molecule has 0 spiro atoms. The van der Waals surface area contributed by atoms with Gasteiger partial charge in [0.15, 0.2) is 0 Å². The van der Waals surface area contributed by atoms with E-state index in [0.29, 0.717) is 31.1 Å². The maximum Gasteiger partial charge on any atom is 0.260 e. The van der Waals surface area contributed by atoms with Gasteiger partial charge < -0.3 is 10.2 Å². The Morgan fingerprint density at radius 3 is 3.00 bits per heavy atom. The van der Waals surface area contributed by atoms with Crippen LogP contribution in [0.2, 0.25) is 0 Å². The average Bonchev–Trinajstić information content (AvgIpc) is 3.29. The molecule has 4 atom stereocenters. The van der Waals surface area contributed by atoms with Gasteiger partial charge in [-0.05, 0) is 50.9 Å². The number of alkyl halides is 2. The number of aryl methyl sites for hydroxylation is 1. The monoisotopic (exact) mass is 378 g/mol. The summed E-state index contributed by atoms with van der Waals surface area (Å²) < 4.78 is 28.7. The number of nitrogens with zero attached hydrogens (tertiary/aromatic N) is 3. The summed E-state index contributed by atoms with van der Waals surface area (Å²) in [6.45, 7) is 3.27. The minimum absolute atomic E-state index is 0.0467. The van der Waals surface area contributed by atoms with Gasteiger partial charge in [-0.25, -0.2) is 13.5 Å². The summed E-state index contributed by atoms with van der Waals surface area (Å²) in [5.41, 5.74) is 0.744. The summed E-state index contributed by atoms with van der Waals surface area (Å²) in [7, 11) is 0. The van der Waals surface area contributed by atoms with Gasteiger partial charge in [-0.3, -0.25) is 4.79 Å². The molecule has 1 fully saturated rings. The largest absolute Gasteiger partial charge is 0.367 e. The minimum atomic E-state index is -2.44. The molecule has 1 saturated heterocycles. The second kappa shape index (κ2) is 7.60. The Labute approximate surface area is 158 Å². The smallest absolute Gasteiger partial charge is 0.260 e. The van der Waals surface area contributed by atoms with E-state index < -0.39 is 12.5 Å². The van der Waals surface area contributed by atoms with Crippen LogP contribution in [0.1, 0.15) is 50.3 Å². The lowest BCUT2D eigenvalue weighted by Crippen LogP contribution is -2.48. The number of hydrogen-bond donors (Lipinski definition) is 1. The van der Waals surface area contributed by atoms with Crippen LogP contribution in [0, 0.1) is 18.8 Å². The van der Waals surface area contributed by atoms with Gasteiger partial charge in [-0.1, -0.05) is 12.2 Å². The predicted molar refractivity (Wildman–Crippen MR) is 99.8 cm³/mol. The fourth-order valence-electron chi connectivity index (χ4n) is 4.79. The van der Waals surface area contributed by atoms with Crippen LogP contribution in [-0.2, 0) is 4.79 Å². The molecule has 1 aromatic heterocycles. The Morgan fingerprint density at radius 2 is 2.26 bits per heavy atom. The van der Waals surface area contributed by atoms with Crippen molar-refractivity contribution in [2.45, 2.75) is 64.0 Å². The molecule has 0 saturated carbocycles. The lowest BCUT2D eigenvalue weighted by molar-refractivity contribution is -0.133. The van der Waals surface area contributed by atoms with E-state index in [1.54, 1.807) is 0 Å². The standard InChI is InChI=1S/C20H28F2N4O/c1-13-9-18-23-16(11-17(20(21)22)26(18)24-13)15-7-4-8-25(12-15)19(27)10-14-5-2-3-6-14/h2,5,9,14-17,20,23H,3-4,6-8,10-12H2,1H3/t14-,15+,16-,17+/m0/s1. The molecule has 7 heteroatoms. The van der Waals surface area contributed by atoms with Gasteiger partial charge in [0.05, 0.1) is 5.69 Å². The number of carbonyl (C=O) groups excluding carboxylic acids is 1. The number of amides is 1. The third kappa shape index (κ3) is 3.87. The summed E-state index contributed by atoms with van der Waals surface area (Å²) in [5.74, 6) is 1.45. The topological polar surface area (TPSA) is 50.2 Å². The van der Waals surface area contributed by atoms with Crippen LogP contribution in [0.5, 0.6) is 0 Å². The first-order valence-corrected chi connectivity index (χ1v) is 10.1. The van der Waals surface area contributed by atoms with Crippen molar-refractivity contribution in [1.82, 2.24) is 14.7 Å². The van der Waals surface area contributed by atoms with Crippen molar-refractivity contribution in [2.75, 3.05) is 18.4 Å². The van der Waals surface area contributed by atoms with E-state index in [2.05, 4.69) is 22.6 Å². The number of piperidine rings is 1. The molecule has 0 bridgehead atoms. The van der Waals surface area contributed by atoms with Gasteiger partial charge in [0, 0.05) is 31.6 Å². The zero-order valence-corrected chi connectivity index (χ0v) is 15.8. The number of likely N-dealkylation sites (tertiary alicyclic amines) is 1. The van der Waals surface area contributed by atoms with Crippen LogP contribution in [0.4, 0.5) is 14.6 Å². The summed E-state index contributed by atoms with van der Waals surface area (Å²) in [5, 5.41) is 7.66. The highest BCUT2D eigenvalue weighted by atomic mass is 19.3. The number of fused-ring (bicyclic) bond motifs is 1. The summed E-state index contributed by atoms with van der Waals surface area (Å²) in [6.07, 6.45) is 6.82. The number of carbonyl (C=O) groups is 1. The lowest BCUT2D eigenvalue weighted by Gasteiger charge is -2.41. The number of rotatable bonds is 4. The van der Waals surface area contributed by atoms with E-state index in [-0.39, 0.29) is 17.9 Å². The molecule has 1 amide bonds. The lowest BCUT2D eigenvalue weighted by atomic mass is 9.85. The van der Waals surface area contributed by atoms with Gasteiger partial charge in [0.2, 0.25) is 5.91 Å². The van der Waals surface area contributed by atoms with Gasteiger partial charge in [-0.15, -0.1) is 0 Å². The summed E-state index contributed by atoms with van der Waals surface area (Å²) >= 11 is 0. The van der Waals surface area contributed by atoms with Crippen LogP contribution >= 0.6 is 0 Å². The van der Waals surface area contributed by atoms with Gasteiger partial charge in [0.1, 0.15) is 11.9 Å². The number of halogens is 2. The normalized spacial score (nSPS) is 30.4. The Bertz CT molecular complexity index is 717. The SMILES string of the molecule is Cc1cc2n(n1)[C@@H](C(F)F)C[C@@H]([C@@H]1CCCN(C(=O)C[C@H]3C=CCC3)C1)N2. The summed E-state index contributed by atoms with van der Waals surface area (Å²) in [6, 6.07) is 0.893. The van der Waals surface area contributed by atoms with Crippen molar-refractivity contribution in [3.8, 4) is 0 Å². The zero-order chi connectivity index (χ0) is 19.0. The Kier molecular flexibility index (Phi) is 5.19. The molecule has 5 nitrogen and oxygen atoms in total. The molecule has 1 aliphatic carbocycles. The second-order valence-corrected chi connectivity index (χ2v) is 8.22. The van der Waals surface area contributed by atoms with Crippen molar-refractivity contribution in [2.24, 2.45) is 11.8 Å². The number of anilines is 1. The quantitative estimate of drug-likeness (QED) is 0.812. The molecule has 3 heterocycles. The first-order chi connectivity index (χ1) is 13.0. The highest BCUT2D eigenvalue weighted by molar-refractivity contribution is 5.76. The van der Waals surface area contributed by atoms with Crippen molar-refractivity contribution in [3.63, 3.8) is 0 Å². The van der Waals surface area contributed by atoms with E-state index >= 15 is 0 Å². The molecule has 1 aromatic rings. The van der Waals surface area contributed by atoms with Crippen molar-refractivity contribution in [3.05, 3.63) is 23.9 Å². The number of aromatic nitrogens is 2. The molecule has 148 valence electrons. The molecular weight excluding hydrogens is 350 g/mol. The molecular formula is C20H28F2N4O. The highest BCUT2D eigenvalue weighted by Gasteiger charge is 2.38. The molecule has 2 aliphatic heterocycles. The fourth-order valence-corrected chi connectivity index (χ4v) is 4.79. The van der Waals surface area contributed by atoms with Gasteiger partial charge in [-0.2, -0.15) is 5.10 Å². The van der Waals surface area contributed by atoms with E-state index in [9.17, 15) is 13.6 Å². The molecule has 0 unspecified atom stereocenters. The van der Waals surface area contributed by atoms with Crippen LogP contribution in [0.15, 0.2) is 18.2 Å². The van der Waals surface area contributed by atoms with Crippen molar-refractivity contribution < 1.29 is 13.6 Å². The van der Waals surface area contributed by atoms with Crippen LogP contribution < -0.4 is 5.32 Å². The molecule has 1 N–H and O–H groups in total. The average molecular weight is 378 g/mol. The molecule has 27 heavy (non-hydrogen) atoms.